The lowest BCUT2D eigenvalue weighted by Gasteiger charge is -2.17. The fourth-order valence-corrected chi connectivity index (χ4v) is 1.65. The van der Waals surface area contributed by atoms with Crippen LogP contribution in [0.2, 0.25) is 0 Å². The van der Waals surface area contributed by atoms with Crippen molar-refractivity contribution >= 4 is 11.9 Å². The highest BCUT2D eigenvalue weighted by molar-refractivity contribution is 5.38. The van der Waals surface area contributed by atoms with Crippen LogP contribution in [0.25, 0.3) is 0 Å². The summed E-state index contributed by atoms with van der Waals surface area (Å²) in [5, 5.41) is 2.89. The molecule has 0 aliphatic carbocycles. The quantitative estimate of drug-likeness (QED) is 0.879. The molecule has 0 bridgehead atoms. The number of methoxy groups -OCH3 is 1. The van der Waals surface area contributed by atoms with E-state index < -0.39 is 0 Å². The van der Waals surface area contributed by atoms with Gasteiger partial charge in [0.2, 0.25) is 11.9 Å². The largest absolute Gasteiger partial charge is 0.467 e. The standard InChI is InChI=1S/C13H17N5O/c1-14-11-15-12(17-13(16-11)19-3)18(2)9-10-7-5-4-6-8-10/h4-8H,9H2,1-3H3,(H,14,15,16,17). The van der Waals surface area contributed by atoms with Gasteiger partial charge >= 0.3 is 6.01 Å². The van der Waals surface area contributed by atoms with Crippen LogP contribution in [0.1, 0.15) is 5.56 Å². The van der Waals surface area contributed by atoms with Crippen molar-refractivity contribution in [2.75, 3.05) is 31.4 Å². The van der Waals surface area contributed by atoms with Crippen LogP contribution in [0, 0.1) is 0 Å². The summed E-state index contributed by atoms with van der Waals surface area (Å²) in [4.78, 5) is 14.6. The first kappa shape index (κ1) is 13.1. The molecular formula is C13H17N5O. The van der Waals surface area contributed by atoms with Gasteiger partial charge in [0.1, 0.15) is 0 Å². The molecule has 0 radical (unpaired) electrons. The third kappa shape index (κ3) is 3.31. The SMILES string of the molecule is CNc1nc(OC)nc(N(C)Cc2ccccc2)n1. The van der Waals surface area contributed by atoms with Crippen molar-refractivity contribution in [2.45, 2.75) is 6.54 Å². The molecule has 0 unspecified atom stereocenters. The Bertz CT molecular complexity index is 510. The molecule has 1 heterocycles. The fourth-order valence-electron chi connectivity index (χ4n) is 1.65. The van der Waals surface area contributed by atoms with Crippen LogP contribution in [0.3, 0.4) is 0 Å². The molecule has 2 rings (SSSR count). The van der Waals surface area contributed by atoms with Crippen molar-refractivity contribution in [1.29, 1.82) is 0 Å². The lowest BCUT2D eigenvalue weighted by atomic mass is 10.2. The van der Waals surface area contributed by atoms with Gasteiger partial charge in [-0.15, -0.1) is 0 Å². The highest BCUT2D eigenvalue weighted by Crippen LogP contribution is 2.15. The molecule has 0 amide bonds. The van der Waals surface area contributed by atoms with Gasteiger partial charge < -0.3 is 15.0 Å². The second-order valence-corrected chi connectivity index (χ2v) is 4.04. The van der Waals surface area contributed by atoms with E-state index in [4.69, 9.17) is 4.74 Å². The molecule has 19 heavy (non-hydrogen) atoms. The highest BCUT2D eigenvalue weighted by Gasteiger charge is 2.10. The summed E-state index contributed by atoms with van der Waals surface area (Å²) < 4.78 is 5.07. The number of anilines is 2. The van der Waals surface area contributed by atoms with Crippen molar-refractivity contribution < 1.29 is 4.74 Å². The maximum atomic E-state index is 5.07. The van der Waals surface area contributed by atoms with E-state index in [2.05, 4.69) is 32.4 Å². The van der Waals surface area contributed by atoms with E-state index in [-0.39, 0.29) is 0 Å². The minimum atomic E-state index is 0.300. The van der Waals surface area contributed by atoms with Crippen molar-refractivity contribution in [1.82, 2.24) is 15.0 Å². The molecule has 0 aliphatic heterocycles. The molecule has 1 aromatic carbocycles. The van der Waals surface area contributed by atoms with E-state index in [1.54, 1.807) is 7.05 Å². The van der Waals surface area contributed by atoms with Gasteiger partial charge in [-0.25, -0.2) is 0 Å². The van der Waals surface area contributed by atoms with Crippen LogP contribution in [-0.2, 0) is 6.54 Å². The second-order valence-electron chi connectivity index (χ2n) is 4.04. The lowest BCUT2D eigenvalue weighted by Crippen LogP contribution is -2.20. The molecule has 0 fully saturated rings. The topological polar surface area (TPSA) is 63.2 Å². The van der Waals surface area contributed by atoms with E-state index in [1.807, 2.05) is 30.1 Å². The number of hydrogen-bond acceptors (Lipinski definition) is 6. The van der Waals surface area contributed by atoms with E-state index in [0.29, 0.717) is 17.9 Å². The summed E-state index contributed by atoms with van der Waals surface area (Å²) in [7, 11) is 5.23. The van der Waals surface area contributed by atoms with Crippen LogP contribution in [-0.4, -0.2) is 36.2 Å². The smallest absolute Gasteiger partial charge is 0.322 e. The Hall–Kier alpha value is -2.37. The maximum absolute atomic E-state index is 5.07. The molecule has 0 atom stereocenters. The molecule has 0 saturated carbocycles. The van der Waals surface area contributed by atoms with E-state index in [0.717, 1.165) is 6.54 Å². The summed E-state index contributed by atoms with van der Waals surface area (Å²) in [6, 6.07) is 10.4. The number of rotatable bonds is 5. The summed E-state index contributed by atoms with van der Waals surface area (Å²) in [5.41, 5.74) is 1.19. The average Bonchev–Trinajstić information content (AvgIpc) is 2.47. The Morgan fingerprint density at radius 3 is 2.53 bits per heavy atom. The molecule has 2 aromatic rings. The van der Waals surface area contributed by atoms with Gasteiger partial charge in [0.25, 0.3) is 0 Å². The minimum Gasteiger partial charge on any atom is -0.467 e. The first-order valence-electron chi connectivity index (χ1n) is 5.96. The Morgan fingerprint density at radius 1 is 1.16 bits per heavy atom. The Balaban J connectivity index is 2.20. The van der Waals surface area contributed by atoms with Gasteiger partial charge in [-0.1, -0.05) is 30.3 Å². The molecule has 0 spiro atoms. The number of nitrogens with zero attached hydrogens (tertiary/aromatic N) is 4. The number of ether oxygens (including phenoxy) is 1. The predicted molar refractivity (Wildman–Crippen MR) is 74.5 cm³/mol. The molecule has 0 aliphatic rings. The van der Waals surface area contributed by atoms with Crippen LogP contribution in [0.15, 0.2) is 30.3 Å². The number of aromatic nitrogens is 3. The summed E-state index contributed by atoms with van der Waals surface area (Å²) in [6.45, 7) is 0.719. The van der Waals surface area contributed by atoms with Crippen LogP contribution < -0.4 is 15.0 Å². The highest BCUT2D eigenvalue weighted by atomic mass is 16.5. The van der Waals surface area contributed by atoms with Gasteiger partial charge in [0.15, 0.2) is 0 Å². The van der Waals surface area contributed by atoms with Gasteiger partial charge in [-0.3, -0.25) is 0 Å². The molecule has 6 nitrogen and oxygen atoms in total. The van der Waals surface area contributed by atoms with Crippen LogP contribution >= 0.6 is 0 Å². The van der Waals surface area contributed by atoms with Gasteiger partial charge in [-0.05, 0) is 5.56 Å². The van der Waals surface area contributed by atoms with Crippen LogP contribution in [0.5, 0.6) is 6.01 Å². The Labute approximate surface area is 112 Å². The first-order valence-corrected chi connectivity index (χ1v) is 5.96. The fraction of sp³-hybridized carbons (Fsp3) is 0.308. The van der Waals surface area contributed by atoms with Crippen molar-refractivity contribution in [3.63, 3.8) is 0 Å². The molecule has 100 valence electrons. The first-order chi connectivity index (χ1) is 9.22. The average molecular weight is 259 g/mol. The minimum absolute atomic E-state index is 0.300. The van der Waals surface area contributed by atoms with Crippen molar-refractivity contribution in [2.24, 2.45) is 0 Å². The van der Waals surface area contributed by atoms with Crippen molar-refractivity contribution in [3.8, 4) is 6.01 Å². The lowest BCUT2D eigenvalue weighted by molar-refractivity contribution is 0.379. The zero-order valence-electron chi connectivity index (χ0n) is 11.3. The molecule has 1 aromatic heterocycles. The van der Waals surface area contributed by atoms with Gasteiger partial charge in [-0.2, -0.15) is 15.0 Å². The number of benzene rings is 1. The molecular weight excluding hydrogens is 242 g/mol. The normalized spacial score (nSPS) is 10.1. The second kappa shape index (κ2) is 5.99. The van der Waals surface area contributed by atoms with Crippen LogP contribution in [0.4, 0.5) is 11.9 Å². The van der Waals surface area contributed by atoms with Gasteiger partial charge in [0.05, 0.1) is 7.11 Å². The molecule has 6 heteroatoms. The summed E-state index contributed by atoms with van der Waals surface area (Å²) in [5.74, 6) is 1.06. The molecule has 1 N–H and O–H groups in total. The van der Waals surface area contributed by atoms with E-state index in [9.17, 15) is 0 Å². The van der Waals surface area contributed by atoms with Crippen molar-refractivity contribution in [3.05, 3.63) is 35.9 Å². The summed E-state index contributed by atoms with van der Waals surface area (Å²) >= 11 is 0. The predicted octanol–water partition coefficient (Wildman–Crippen LogP) is 1.56. The Kier molecular flexibility index (Phi) is 4.12. The van der Waals surface area contributed by atoms with E-state index >= 15 is 0 Å². The zero-order valence-corrected chi connectivity index (χ0v) is 11.3. The third-order valence-corrected chi connectivity index (χ3v) is 2.61. The summed E-state index contributed by atoms with van der Waals surface area (Å²) in [6.07, 6.45) is 0. The maximum Gasteiger partial charge on any atom is 0.322 e. The monoisotopic (exact) mass is 259 g/mol. The molecule has 0 saturated heterocycles. The third-order valence-electron chi connectivity index (χ3n) is 2.61. The van der Waals surface area contributed by atoms with E-state index in [1.165, 1.54) is 12.7 Å². The van der Waals surface area contributed by atoms with Gasteiger partial charge in [0, 0.05) is 20.6 Å². The zero-order chi connectivity index (χ0) is 13.7. The Morgan fingerprint density at radius 2 is 1.89 bits per heavy atom. The number of nitrogens with one attached hydrogen (secondary N) is 1. The number of hydrogen-bond donors (Lipinski definition) is 1.